The number of nitrogens with zero attached hydrogens (tertiary/aromatic N) is 1. The molecule has 1 heterocycles. The lowest BCUT2D eigenvalue weighted by molar-refractivity contribution is -0.145. The summed E-state index contributed by atoms with van der Waals surface area (Å²) < 4.78 is 26.0. The molecule has 5 fully saturated rings. The molecule has 0 bridgehead atoms. The van der Waals surface area contributed by atoms with Gasteiger partial charge < -0.3 is 26.2 Å². The van der Waals surface area contributed by atoms with Crippen LogP contribution in [-0.4, -0.2) is 90.1 Å². The molecular weight excluding hydrogens is 707 g/mol. The van der Waals surface area contributed by atoms with Gasteiger partial charge >= 0.3 is 6.03 Å². The van der Waals surface area contributed by atoms with Crippen LogP contribution in [0.5, 0.6) is 0 Å². The van der Waals surface area contributed by atoms with Crippen molar-refractivity contribution >= 4 is 39.4 Å². The van der Waals surface area contributed by atoms with Crippen LogP contribution in [0.1, 0.15) is 144 Å². The first kappa shape index (κ1) is 42.2. The molecule has 5 amide bonds. The van der Waals surface area contributed by atoms with Gasteiger partial charge in [0.05, 0.1) is 22.1 Å². The Labute approximate surface area is 323 Å². The monoisotopic (exact) mass is 773 g/mol. The fourth-order valence-corrected chi connectivity index (χ4v) is 11.6. The molecule has 4 aliphatic carbocycles. The molecule has 304 valence electrons. The highest BCUT2D eigenvalue weighted by Gasteiger charge is 2.64. The Bertz CT molecular complexity index is 1540. The van der Waals surface area contributed by atoms with E-state index in [1.165, 1.54) is 6.08 Å². The van der Waals surface area contributed by atoms with E-state index in [-0.39, 0.29) is 35.5 Å². The maximum atomic E-state index is 15.2. The van der Waals surface area contributed by atoms with Gasteiger partial charge in [0.25, 0.3) is 5.91 Å². The lowest BCUT2D eigenvalue weighted by atomic mass is 9.70. The second-order valence-electron chi connectivity index (χ2n) is 18.6. The minimum Gasteiger partial charge on any atom is -0.346 e. The Kier molecular flexibility index (Phi) is 13.0. The van der Waals surface area contributed by atoms with Crippen molar-refractivity contribution in [3.63, 3.8) is 0 Å². The van der Waals surface area contributed by atoms with Gasteiger partial charge in [0.15, 0.2) is 9.84 Å². The number of hydrogen-bond acceptors (Lipinski definition) is 7. The molecule has 1 spiro atoms. The van der Waals surface area contributed by atoms with Crippen molar-refractivity contribution < 1.29 is 32.4 Å². The van der Waals surface area contributed by atoms with E-state index in [0.29, 0.717) is 32.2 Å². The number of nitrogens with one attached hydrogen (secondary N) is 4. The number of fused-ring (bicyclic) bond motifs is 2. The first-order valence-electron chi connectivity index (χ1n) is 20.8. The van der Waals surface area contributed by atoms with E-state index in [9.17, 15) is 27.6 Å². The Morgan fingerprint density at radius 2 is 1.54 bits per heavy atom. The van der Waals surface area contributed by atoms with E-state index in [1.54, 1.807) is 25.7 Å². The zero-order valence-electron chi connectivity index (χ0n) is 33.5. The zero-order valence-corrected chi connectivity index (χ0v) is 34.3. The third kappa shape index (κ3) is 9.02. The maximum Gasteiger partial charge on any atom is 0.315 e. The van der Waals surface area contributed by atoms with Gasteiger partial charge in [0.1, 0.15) is 12.1 Å². The first-order valence-corrected chi connectivity index (χ1v) is 22.4. The van der Waals surface area contributed by atoms with E-state index in [2.05, 4.69) is 27.8 Å². The third-order valence-corrected chi connectivity index (χ3v) is 16.6. The van der Waals surface area contributed by atoms with Gasteiger partial charge in [-0.3, -0.25) is 19.2 Å². The van der Waals surface area contributed by atoms with E-state index in [1.807, 2.05) is 13.8 Å². The van der Waals surface area contributed by atoms with Gasteiger partial charge in [-0.25, -0.2) is 13.2 Å². The van der Waals surface area contributed by atoms with Gasteiger partial charge in [-0.15, -0.1) is 6.58 Å². The molecule has 0 aromatic heterocycles. The number of urea groups is 1. The van der Waals surface area contributed by atoms with Gasteiger partial charge in [-0.1, -0.05) is 71.3 Å². The second-order valence-corrected chi connectivity index (χ2v) is 21.4. The number of unbranched alkanes of at least 4 members (excludes halogenated alkanes) is 1. The second kappa shape index (κ2) is 16.6. The van der Waals surface area contributed by atoms with Crippen molar-refractivity contribution in [1.82, 2.24) is 26.2 Å². The summed E-state index contributed by atoms with van der Waals surface area (Å²) in [7, 11) is -3.57. The summed E-state index contributed by atoms with van der Waals surface area (Å²) in [5.74, 6) is -2.35. The molecule has 4 N–H and O–H groups in total. The number of carbonyl (C=O) groups excluding carboxylic acids is 5. The third-order valence-electron chi connectivity index (χ3n) is 13.8. The number of likely N-dealkylation sites (tertiary alicyclic amines) is 1. The molecule has 12 nitrogen and oxygen atoms in total. The van der Waals surface area contributed by atoms with Crippen LogP contribution in [0.3, 0.4) is 0 Å². The van der Waals surface area contributed by atoms with Gasteiger partial charge in [-0.2, -0.15) is 0 Å². The summed E-state index contributed by atoms with van der Waals surface area (Å²) in [6.45, 7) is 13.2. The number of rotatable bonds is 15. The SMILES string of the molecule is C=CCNC(=O)C(=O)C(CCCC)NC(=O)[C@@H]1[C@H]2CCC3(CC3)[C@H]2CN1C(=O)[C@@H](NC(=O)NC1(CS(=O)(=O)C(C)(C)C)CCCCC1)C1(C)CCCCC1. The van der Waals surface area contributed by atoms with Crippen molar-refractivity contribution in [3.05, 3.63) is 12.7 Å². The molecule has 1 aliphatic heterocycles. The van der Waals surface area contributed by atoms with Crippen LogP contribution in [0.2, 0.25) is 0 Å². The topological polar surface area (TPSA) is 171 Å². The fraction of sp³-hybridized carbons (Fsp3) is 0.829. The van der Waals surface area contributed by atoms with E-state index < -0.39 is 67.3 Å². The maximum absolute atomic E-state index is 15.2. The normalized spacial score (nSPS) is 26.5. The lowest BCUT2D eigenvalue weighted by Gasteiger charge is -2.44. The van der Waals surface area contributed by atoms with E-state index in [0.717, 1.165) is 83.5 Å². The van der Waals surface area contributed by atoms with Crippen LogP contribution in [0.4, 0.5) is 4.79 Å². The predicted octanol–water partition coefficient (Wildman–Crippen LogP) is 5.10. The molecule has 0 aromatic carbocycles. The quantitative estimate of drug-likeness (QED) is 0.133. The highest BCUT2D eigenvalue weighted by molar-refractivity contribution is 7.92. The highest BCUT2D eigenvalue weighted by atomic mass is 32.2. The van der Waals surface area contributed by atoms with Gasteiger partial charge in [0, 0.05) is 13.1 Å². The number of carbonyl (C=O) groups is 5. The number of sulfone groups is 1. The molecule has 5 aliphatic rings. The van der Waals surface area contributed by atoms with Crippen LogP contribution in [0, 0.1) is 22.7 Å². The summed E-state index contributed by atoms with van der Waals surface area (Å²) in [6, 6.07) is -3.36. The number of Topliss-reactive ketones (excluding diaryl/α,β-unsaturated/α-hetero) is 1. The Balaban J connectivity index is 1.44. The summed E-state index contributed by atoms with van der Waals surface area (Å²) in [6.07, 6.45) is 15.0. The smallest absolute Gasteiger partial charge is 0.315 e. The van der Waals surface area contributed by atoms with Gasteiger partial charge in [-0.05, 0) is 101 Å². The minimum absolute atomic E-state index is 0.0882. The molecule has 5 atom stereocenters. The van der Waals surface area contributed by atoms with E-state index >= 15 is 4.79 Å². The van der Waals surface area contributed by atoms with Crippen molar-refractivity contribution in [2.45, 2.75) is 172 Å². The molecule has 0 aromatic rings. The average molecular weight is 774 g/mol. The number of ketones is 1. The van der Waals surface area contributed by atoms with Crippen LogP contribution in [0.25, 0.3) is 0 Å². The minimum atomic E-state index is -3.57. The Morgan fingerprint density at radius 3 is 2.11 bits per heavy atom. The number of amides is 5. The summed E-state index contributed by atoms with van der Waals surface area (Å²) in [4.78, 5) is 71.7. The molecule has 4 saturated carbocycles. The number of hydrogen-bond donors (Lipinski definition) is 4. The van der Waals surface area contributed by atoms with Crippen LogP contribution < -0.4 is 21.3 Å². The summed E-state index contributed by atoms with van der Waals surface area (Å²) in [5, 5.41) is 11.7. The van der Waals surface area contributed by atoms with E-state index in [4.69, 9.17) is 0 Å². The molecule has 0 radical (unpaired) electrons. The van der Waals surface area contributed by atoms with Crippen LogP contribution in [-0.2, 0) is 29.0 Å². The molecule has 5 rings (SSSR count). The highest BCUT2D eigenvalue weighted by Crippen LogP contribution is 2.66. The Hall–Kier alpha value is -2.96. The average Bonchev–Trinajstić information content (AvgIpc) is 3.68. The van der Waals surface area contributed by atoms with Crippen molar-refractivity contribution in [2.24, 2.45) is 22.7 Å². The zero-order chi connectivity index (χ0) is 39.5. The largest absolute Gasteiger partial charge is 0.346 e. The predicted molar refractivity (Wildman–Crippen MR) is 209 cm³/mol. The van der Waals surface area contributed by atoms with Crippen LogP contribution >= 0.6 is 0 Å². The fourth-order valence-electron chi connectivity index (χ4n) is 10.1. The molecule has 13 heteroatoms. The van der Waals surface area contributed by atoms with Crippen molar-refractivity contribution in [2.75, 3.05) is 18.8 Å². The molecule has 54 heavy (non-hydrogen) atoms. The summed E-state index contributed by atoms with van der Waals surface area (Å²) in [5.41, 5.74) is -1.41. The molecule has 1 unspecified atom stereocenters. The van der Waals surface area contributed by atoms with Gasteiger partial charge in [0.2, 0.25) is 17.6 Å². The lowest BCUT2D eigenvalue weighted by Crippen LogP contribution is -2.64. The van der Waals surface area contributed by atoms with Crippen molar-refractivity contribution in [3.8, 4) is 0 Å². The molecular formula is C41H67N5O7S. The molecule has 1 saturated heterocycles. The van der Waals surface area contributed by atoms with Crippen LogP contribution in [0.15, 0.2) is 12.7 Å². The Morgan fingerprint density at radius 1 is 0.907 bits per heavy atom. The first-order chi connectivity index (χ1) is 25.4. The standard InChI is InChI=1S/C41H67N5O7S/c1-7-9-16-30(32(47)35(49)42-25-8-2)43-34(48)31-28-17-22-40(23-24-40)29(28)26-46(31)36(50)33(39(6)18-12-10-13-19-39)44-37(51)45-41(20-14-11-15-21-41)27-54(52,53)38(3,4)5/h8,28-31,33H,2,7,9-27H2,1,3-6H3,(H,42,49)(H,43,48)(H2,44,45,51)/t28-,29-,30?,31-,33+/m0/s1. The van der Waals surface area contributed by atoms with Crippen molar-refractivity contribution in [1.29, 1.82) is 0 Å². The summed E-state index contributed by atoms with van der Waals surface area (Å²) >= 11 is 0.